The fourth-order valence-electron chi connectivity index (χ4n) is 3.71. The van der Waals surface area contributed by atoms with Crippen LogP contribution in [0.2, 0.25) is 0 Å². The van der Waals surface area contributed by atoms with E-state index in [-0.39, 0.29) is 34.6 Å². The van der Waals surface area contributed by atoms with Gasteiger partial charge in [-0.15, -0.1) is 24.0 Å². The van der Waals surface area contributed by atoms with Crippen LogP contribution in [0, 0.1) is 10.1 Å². The van der Waals surface area contributed by atoms with E-state index in [9.17, 15) is 10.1 Å². The van der Waals surface area contributed by atoms with Gasteiger partial charge in [-0.05, 0) is 30.9 Å². The van der Waals surface area contributed by atoms with E-state index in [0.717, 1.165) is 37.5 Å². The molecule has 8 heteroatoms. The summed E-state index contributed by atoms with van der Waals surface area (Å²) in [5.74, 6) is 0.761. The van der Waals surface area contributed by atoms with Crippen LogP contribution in [0.1, 0.15) is 30.9 Å². The van der Waals surface area contributed by atoms with Gasteiger partial charge in [0.1, 0.15) is 0 Å². The molecule has 2 N–H and O–H groups in total. The maximum Gasteiger partial charge on any atom is 0.269 e. The van der Waals surface area contributed by atoms with E-state index in [4.69, 9.17) is 0 Å². The van der Waals surface area contributed by atoms with Gasteiger partial charge in [-0.1, -0.05) is 42.5 Å². The molecule has 7 nitrogen and oxygen atoms in total. The smallest absolute Gasteiger partial charge is 0.269 e. The first-order chi connectivity index (χ1) is 14.0. The molecule has 0 radical (unpaired) electrons. The molecular weight excluding hydrogens is 493 g/mol. The van der Waals surface area contributed by atoms with E-state index in [0.29, 0.717) is 18.6 Å². The highest BCUT2D eigenvalue weighted by Gasteiger charge is 2.25. The topological polar surface area (TPSA) is 82.8 Å². The molecule has 2 atom stereocenters. The minimum atomic E-state index is -0.386. The third-order valence-electron chi connectivity index (χ3n) is 5.41. The lowest BCUT2D eigenvalue weighted by molar-refractivity contribution is -0.384. The van der Waals surface area contributed by atoms with Gasteiger partial charge in [0.2, 0.25) is 0 Å². The first-order valence-electron chi connectivity index (χ1n) is 10.0. The summed E-state index contributed by atoms with van der Waals surface area (Å²) in [6, 6.07) is 18.1. The first kappa shape index (κ1) is 24.1. The summed E-state index contributed by atoms with van der Waals surface area (Å²) < 4.78 is 0. The number of hydrogen-bond donors (Lipinski definition) is 2. The molecule has 0 aromatic heterocycles. The number of likely N-dealkylation sites (tertiary alicyclic amines) is 1. The Balaban J connectivity index is 0.00000320. The molecule has 162 valence electrons. The monoisotopic (exact) mass is 523 g/mol. The van der Waals surface area contributed by atoms with Gasteiger partial charge >= 0.3 is 0 Å². The number of halogens is 1. The van der Waals surface area contributed by atoms with Crippen LogP contribution in [0.5, 0.6) is 0 Å². The molecule has 0 aliphatic carbocycles. The number of piperidine rings is 1. The minimum absolute atomic E-state index is 0. The molecule has 2 unspecified atom stereocenters. The molecule has 0 saturated carbocycles. The summed E-state index contributed by atoms with van der Waals surface area (Å²) in [6.07, 6.45) is 2.13. The Labute approximate surface area is 195 Å². The number of hydrogen-bond acceptors (Lipinski definition) is 4. The van der Waals surface area contributed by atoms with Crippen LogP contribution in [-0.4, -0.2) is 41.5 Å². The molecule has 30 heavy (non-hydrogen) atoms. The number of rotatable bonds is 6. The van der Waals surface area contributed by atoms with Gasteiger partial charge in [-0.2, -0.15) is 0 Å². The Kier molecular flexibility index (Phi) is 9.51. The van der Waals surface area contributed by atoms with Crippen molar-refractivity contribution in [1.82, 2.24) is 15.5 Å². The number of nitro groups is 1. The summed E-state index contributed by atoms with van der Waals surface area (Å²) in [5.41, 5.74) is 2.43. The second-order valence-corrected chi connectivity index (χ2v) is 7.52. The maximum absolute atomic E-state index is 10.8. The molecule has 1 fully saturated rings. The Bertz CT molecular complexity index is 829. The fourth-order valence-corrected chi connectivity index (χ4v) is 3.71. The summed E-state index contributed by atoms with van der Waals surface area (Å²) in [6.45, 7) is 4.89. The van der Waals surface area contributed by atoms with Crippen LogP contribution >= 0.6 is 24.0 Å². The number of guanidine groups is 1. The van der Waals surface area contributed by atoms with Crippen molar-refractivity contribution in [1.29, 1.82) is 0 Å². The zero-order chi connectivity index (χ0) is 20.6. The Morgan fingerprint density at radius 3 is 2.47 bits per heavy atom. The first-order valence-corrected chi connectivity index (χ1v) is 10.0. The van der Waals surface area contributed by atoms with Gasteiger partial charge in [0.05, 0.1) is 4.92 Å². The predicted octanol–water partition coefficient (Wildman–Crippen LogP) is 3.93. The summed E-state index contributed by atoms with van der Waals surface area (Å²) >= 11 is 0. The molecule has 0 amide bonds. The Morgan fingerprint density at radius 1 is 1.17 bits per heavy atom. The van der Waals surface area contributed by atoms with Crippen molar-refractivity contribution in [3.8, 4) is 0 Å². The molecule has 1 aliphatic rings. The van der Waals surface area contributed by atoms with Gasteiger partial charge in [-0.3, -0.25) is 20.0 Å². The second kappa shape index (κ2) is 11.8. The summed E-state index contributed by atoms with van der Waals surface area (Å²) in [7, 11) is 1.76. The normalized spacial score (nSPS) is 19.6. The highest BCUT2D eigenvalue weighted by molar-refractivity contribution is 14.0. The van der Waals surface area contributed by atoms with Crippen molar-refractivity contribution in [2.24, 2.45) is 4.99 Å². The number of benzene rings is 2. The van der Waals surface area contributed by atoms with E-state index >= 15 is 0 Å². The molecule has 1 aliphatic heterocycles. The van der Waals surface area contributed by atoms with Crippen molar-refractivity contribution < 1.29 is 4.92 Å². The zero-order valence-electron chi connectivity index (χ0n) is 17.5. The van der Waals surface area contributed by atoms with E-state index in [1.165, 1.54) is 17.7 Å². The molecule has 3 rings (SSSR count). The lowest BCUT2D eigenvalue weighted by atomic mass is 9.97. The van der Waals surface area contributed by atoms with E-state index in [2.05, 4.69) is 57.8 Å². The van der Waals surface area contributed by atoms with Gasteiger partial charge in [0.25, 0.3) is 5.69 Å². The van der Waals surface area contributed by atoms with E-state index < -0.39 is 0 Å². The molecule has 2 aromatic rings. The maximum atomic E-state index is 10.8. The van der Waals surface area contributed by atoms with Crippen LogP contribution in [0.3, 0.4) is 0 Å². The van der Waals surface area contributed by atoms with Gasteiger partial charge < -0.3 is 10.6 Å². The second-order valence-electron chi connectivity index (χ2n) is 7.52. The third-order valence-corrected chi connectivity index (χ3v) is 5.41. The average molecular weight is 523 g/mol. The molecular formula is C22H30IN5O2. The molecule has 1 heterocycles. The SMILES string of the molecule is CN=C(NCc1ccc([N+](=O)[O-])cc1)NC1CCN(Cc2ccccc2)C(C)C1.I. The molecule has 2 aromatic carbocycles. The largest absolute Gasteiger partial charge is 0.354 e. The van der Waals surface area contributed by atoms with Crippen molar-refractivity contribution in [3.63, 3.8) is 0 Å². The highest BCUT2D eigenvalue weighted by Crippen LogP contribution is 2.20. The number of nitro benzene ring substituents is 1. The summed E-state index contributed by atoms with van der Waals surface area (Å²) in [4.78, 5) is 17.2. The number of nitrogens with one attached hydrogen (secondary N) is 2. The van der Waals surface area contributed by atoms with Crippen LogP contribution in [0.25, 0.3) is 0 Å². The third kappa shape index (κ3) is 6.94. The van der Waals surface area contributed by atoms with Gasteiger partial charge in [-0.25, -0.2) is 0 Å². The fraction of sp³-hybridized carbons (Fsp3) is 0.409. The molecule has 0 bridgehead atoms. The van der Waals surface area contributed by atoms with Crippen LogP contribution in [0.15, 0.2) is 59.6 Å². The number of aliphatic imine (C=N–C) groups is 1. The number of nitrogens with zero attached hydrogens (tertiary/aromatic N) is 3. The van der Waals surface area contributed by atoms with Crippen molar-refractivity contribution >= 4 is 35.6 Å². The van der Waals surface area contributed by atoms with E-state index in [1.807, 2.05) is 0 Å². The lowest BCUT2D eigenvalue weighted by Crippen LogP contribution is -2.51. The van der Waals surface area contributed by atoms with Crippen LogP contribution < -0.4 is 10.6 Å². The Morgan fingerprint density at radius 2 is 1.87 bits per heavy atom. The minimum Gasteiger partial charge on any atom is -0.354 e. The zero-order valence-corrected chi connectivity index (χ0v) is 19.8. The predicted molar refractivity (Wildman–Crippen MR) is 131 cm³/mol. The molecule has 1 saturated heterocycles. The van der Waals surface area contributed by atoms with Crippen molar-refractivity contribution in [2.75, 3.05) is 13.6 Å². The van der Waals surface area contributed by atoms with Gasteiger partial charge in [0, 0.05) is 50.9 Å². The summed E-state index contributed by atoms with van der Waals surface area (Å²) in [5, 5.41) is 17.6. The lowest BCUT2D eigenvalue weighted by Gasteiger charge is -2.38. The van der Waals surface area contributed by atoms with Crippen LogP contribution in [-0.2, 0) is 13.1 Å². The van der Waals surface area contributed by atoms with Crippen LogP contribution in [0.4, 0.5) is 5.69 Å². The molecule has 0 spiro atoms. The quantitative estimate of drug-likeness (QED) is 0.197. The van der Waals surface area contributed by atoms with Gasteiger partial charge in [0.15, 0.2) is 5.96 Å². The average Bonchev–Trinajstić information content (AvgIpc) is 2.74. The van der Waals surface area contributed by atoms with E-state index in [1.54, 1.807) is 19.2 Å². The highest BCUT2D eigenvalue weighted by atomic mass is 127. The Hall–Kier alpha value is -2.20. The standard InChI is InChI=1S/C22H29N5O2.HI/c1-17-14-20(12-13-26(17)16-19-6-4-3-5-7-19)25-22(23-2)24-15-18-8-10-21(11-9-18)27(28)29;/h3-11,17,20H,12-16H2,1-2H3,(H2,23,24,25);1H. The number of non-ortho nitro benzene ring substituents is 1. The van der Waals surface area contributed by atoms with Crippen molar-refractivity contribution in [2.45, 2.75) is 44.9 Å². The van der Waals surface area contributed by atoms with Crippen molar-refractivity contribution in [3.05, 3.63) is 75.8 Å².